The van der Waals surface area contributed by atoms with E-state index >= 15 is 0 Å². The Balaban J connectivity index is 1.91. The molecule has 0 saturated heterocycles. The lowest BCUT2D eigenvalue weighted by atomic mass is 9.85. The van der Waals surface area contributed by atoms with Crippen molar-refractivity contribution in [2.45, 2.75) is 32.7 Å². The second-order valence-electron chi connectivity index (χ2n) is 6.91. The van der Waals surface area contributed by atoms with Crippen LogP contribution in [-0.2, 0) is 16.8 Å². The molecule has 0 spiro atoms. The Morgan fingerprint density at radius 1 is 1.04 bits per heavy atom. The SMILES string of the molecule is CN=C(NCc1cccc(NC(C)=O)c1)NCC(C)(C)c1ccccc1. The molecule has 26 heavy (non-hydrogen) atoms. The van der Waals surface area contributed by atoms with Gasteiger partial charge in [-0.3, -0.25) is 9.79 Å². The van der Waals surface area contributed by atoms with Crippen LogP contribution < -0.4 is 16.0 Å². The van der Waals surface area contributed by atoms with Crippen molar-refractivity contribution in [1.29, 1.82) is 0 Å². The highest BCUT2D eigenvalue weighted by molar-refractivity contribution is 5.88. The summed E-state index contributed by atoms with van der Waals surface area (Å²) in [7, 11) is 1.76. The number of amides is 1. The molecule has 0 aliphatic carbocycles. The molecule has 0 radical (unpaired) electrons. The van der Waals surface area contributed by atoms with Crippen molar-refractivity contribution in [2.24, 2.45) is 4.99 Å². The maximum atomic E-state index is 11.2. The van der Waals surface area contributed by atoms with Crippen molar-refractivity contribution >= 4 is 17.6 Å². The summed E-state index contributed by atoms with van der Waals surface area (Å²) < 4.78 is 0. The van der Waals surface area contributed by atoms with Gasteiger partial charge in [0, 0.05) is 38.2 Å². The van der Waals surface area contributed by atoms with Crippen LogP contribution in [0.2, 0.25) is 0 Å². The third kappa shape index (κ3) is 5.92. The molecule has 138 valence electrons. The van der Waals surface area contributed by atoms with Crippen LogP contribution in [0, 0.1) is 0 Å². The van der Waals surface area contributed by atoms with Gasteiger partial charge in [0.1, 0.15) is 0 Å². The Kier molecular flexibility index (Phi) is 6.78. The molecule has 5 nitrogen and oxygen atoms in total. The van der Waals surface area contributed by atoms with Gasteiger partial charge in [-0.2, -0.15) is 0 Å². The molecule has 0 bridgehead atoms. The van der Waals surface area contributed by atoms with E-state index in [0.717, 1.165) is 23.8 Å². The lowest BCUT2D eigenvalue weighted by molar-refractivity contribution is -0.114. The molecule has 0 fully saturated rings. The zero-order valence-electron chi connectivity index (χ0n) is 16.0. The molecule has 1 amide bonds. The normalized spacial score (nSPS) is 11.8. The summed E-state index contributed by atoms with van der Waals surface area (Å²) in [6.07, 6.45) is 0. The van der Waals surface area contributed by atoms with Gasteiger partial charge in [0.05, 0.1) is 0 Å². The van der Waals surface area contributed by atoms with E-state index in [4.69, 9.17) is 0 Å². The highest BCUT2D eigenvalue weighted by Crippen LogP contribution is 2.21. The summed E-state index contributed by atoms with van der Waals surface area (Å²) in [6.45, 7) is 7.31. The monoisotopic (exact) mass is 352 g/mol. The number of benzene rings is 2. The molecule has 2 aromatic carbocycles. The molecular formula is C21H28N4O. The zero-order chi connectivity index (χ0) is 19.0. The van der Waals surface area contributed by atoms with Gasteiger partial charge in [-0.15, -0.1) is 0 Å². The first-order chi connectivity index (χ1) is 12.4. The van der Waals surface area contributed by atoms with E-state index in [-0.39, 0.29) is 11.3 Å². The van der Waals surface area contributed by atoms with E-state index in [1.807, 2.05) is 30.3 Å². The minimum atomic E-state index is -0.0734. The van der Waals surface area contributed by atoms with E-state index in [1.165, 1.54) is 12.5 Å². The number of hydrogen-bond donors (Lipinski definition) is 3. The highest BCUT2D eigenvalue weighted by atomic mass is 16.1. The summed E-state index contributed by atoms with van der Waals surface area (Å²) in [5, 5.41) is 9.51. The maximum absolute atomic E-state index is 11.2. The van der Waals surface area contributed by atoms with Gasteiger partial charge in [-0.25, -0.2) is 0 Å². The first kappa shape index (κ1) is 19.5. The zero-order valence-corrected chi connectivity index (χ0v) is 16.0. The van der Waals surface area contributed by atoms with Gasteiger partial charge < -0.3 is 16.0 Å². The maximum Gasteiger partial charge on any atom is 0.221 e. The molecule has 0 atom stereocenters. The van der Waals surface area contributed by atoms with Crippen molar-refractivity contribution in [3.05, 3.63) is 65.7 Å². The Hall–Kier alpha value is -2.82. The quantitative estimate of drug-likeness (QED) is 0.552. The van der Waals surface area contributed by atoms with Crippen molar-refractivity contribution in [1.82, 2.24) is 10.6 Å². The lowest BCUT2D eigenvalue weighted by Gasteiger charge is -2.26. The van der Waals surface area contributed by atoms with E-state index in [1.54, 1.807) is 7.05 Å². The number of carbonyl (C=O) groups excluding carboxylic acids is 1. The van der Waals surface area contributed by atoms with Crippen LogP contribution in [0.3, 0.4) is 0 Å². The van der Waals surface area contributed by atoms with Gasteiger partial charge in [0.25, 0.3) is 0 Å². The minimum absolute atomic E-state index is 0.00972. The largest absolute Gasteiger partial charge is 0.356 e. The number of nitrogens with one attached hydrogen (secondary N) is 3. The predicted octanol–water partition coefficient (Wildman–Crippen LogP) is 3.29. The van der Waals surface area contributed by atoms with E-state index < -0.39 is 0 Å². The van der Waals surface area contributed by atoms with Gasteiger partial charge in [0.15, 0.2) is 5.96 Å². The fourth-order valence-electron chi connectivity index (χ4n) is 2.66. The van der Waals surface area contributed by atoms with Gasteiger partial charge in [0.2, 0.25) is 5.91 Å². The summed E-state index contributed by atoms with van der Waals surface area (Å²) in [5.41, 5.74) is 3.14. The predicted molar refractivity (Wildman–Crippen MR) is 108 cm³/mol. The van der Waals surface area contributed by atoms with Crippen molar-refractivity contribution in [3.63, 3.8) is 0 Å². The van der Waals surface area contributed by atoms with Crippen LogP contribution in [0.4, 0.5) is 5.69 Å². The van der Waals surface area contributed by atoms with Crippen LogP contribution in [0.15, 0.2) is 59.6 Å². The fraction of sp³-hybridized carbons (Fsp3) is 0.333. The molecule has 2 rings (SSSR count). The topological polar surface area (TPSA) is 65.5 Å². The molecule has 0 aliphatic heterocycles. The molecule has 0 aliphatic rings. The number of hydrogen-bond acceptors (Lipinski definition) is 2. The molecule has 3 N–H and O–H groups in total. The molecule has 5 heteroatoms. The second-order valence-corrected chi connectivity index (χ2v) is 6.91. The standard InChI is InChI=1S/C21H28N4O/c1-16(26)25-19-12-8-9-17(13-19)14-23-20(22-4)24-15-21(2,3)18-10-6-5-7-11-18/h5-13H,14-15H2,1-4H3,(H,25,26)(H2,22,23,24). The number of anilines is 1. The average Bonchev–Trinajstić information content (AvgIpc) is 2.62. The Labute approximate surface area is 155 Å². The van der Waals surface area contributed by atoms with Crippen LogP contribution in [0.1, 0.15) is 31.9 Å². The fourth-order valence-corrected chi connectivity index (χ4v) is 2.66. The van der Waals surface area contributed by atoms with Crippen LogP contribution >= 0.6 is 0 Å². The molecule has 0 saturated carbocycles. The van der Waals surface area contributed by atoms with Gasteiger partial charge >= 0.3 is 0 Å². The molecule has 0 aromatic heterocycles. The van der Waals surface area contributed by atoms with E-state index in [2.05, 4.69) is 59.1 Å². The first-order valence-corrected chi connectivity index (χ1v) is 8.77. The molecule has 0 unspecified atom stereocenters. The van der Waals surface area contributed by atoms with Crippen LogP contribution in [-0.4, -0.2) is 25.5 Å². The third-order valence-electron chi connectivity index (χ3n) is 4.18. The van der Waals surface area contributed by atoms with Crippen molar-refractivity contribution in [2.75, 3.05) is 18.9 Å². The minimum Gasteiger partial charge on any atom is -0.356 e. The van der Waals surface area contributed by atoms with Crippen LogP contribution in [0.5, 0.6) is 0 Å². The number of nitrogens with zero attached hydrogens (tertiary/aromatic N) is 1. The Morgan fingerprint density at radius 3 is 2.42 bits per heavy atom. The Bertz CT molecular complexity index is 754. The lowest BCUT2D eigenvalue weighted by Crippen LogP contribution is -2.43. The summed E-state index contributed by atoms with van der Waals surface area (Å²) in [5.74, 6) is 0.676. The van der Waals surface area contributed by atoms with E-state index in [0.29, 0.717) is 6.54 Å². The summed E-state index contributed by atoms with van der Waals surface area (Å²) >= 11 is 0. The number of rotatable bonds is 6. The Morgan fingerprint density at radius 2 is 1.77 bits per heavy atom. The van der Waals surface area contributed by atoms with Gasteiger partial charge in [-0.1, -0.05) is 56.3 Å². The number of guanidine groups is 1. The van der Waals surface area contributed by atoms with E-state index in [9.17, 15) is 4.79 Å². The first-order valence-electron chi connectivity index (χ1n) is 8.77. The average molecular weight is 352 g/mol. The third-order valence-corrected chi connectivity index (χ3v) is 4.18. The number of aliphatic imine (C=N–C) groups is 1. The second kappa shape index (κ2) is 9.04. The molecule has 2 aromatic rings. The molecular weight excluding hydrogens is 324 g/mol. The number of carbonyl (C=O) groups is 1. The summed E-state index contributed by atoms with van der Waals surface area (Å²) in [4.78, 5) is 15.5. The smallest absolute Gasteiger partial charge is 0.221 e. The highest BCUT2D eigenvalue weighted by Gasteiger charge is 2.20. The van der Waals surface area contributed by atoms with Crippen molar-refractivity contribution in [3.8, 4) is 0 Å². The van der Waals surface area contributed by atoms with Gasteiger partial charge in [-0.05, 0) is 23.3 Å². The molecule has 0 heterocycles. The van der Waals surface area contributed by atoms with Crippen LogP contribution in [0.25, 0.3) is 0 Å². The van der Waals surface area contributed by atoms with Crippen molar-refractivity contribution < 1.29 is 4.79 Å². The summed E-state index contributed by atoms with van der Waals surface area (Å²) in [6, 6.07) is 18.2.